The number of aromatic nitrogens is 1. The predicted octanol–water partition coefficient (Wildman–Crippen LogP) is 5.67. The minimum Gasteiger partial charge on any atom is -0.326 e. The van der Waals surface area contributed by atoms with Crippen LogP contribution in [0.3, 0.4) is 0 Å². The maximum Gasteiger partial charge on any atom is 0.225 e. The van der Waals surface area contributed by atoms with Gasteiger partial charge in [-0.25, -0.2) is 4.98 Å². The molecule has 0 bridgehead atoms. The molecule has 0 spiro atoms. The van der Waals surface area contributed by atoms with Gasteiger partial charge in [-0.05, 0) is 56.2 Å². The molecule has 1 amide bonds. The largest absolute Gasteiger partial charge is 0.326 e. The highest BCUT2D eigenvalue weighted by atomic mass is 32.2. The summed E-state index contributed by atoms with van der Waals surface area (Å²) in [4.78, 5) is 16.9. The van der Waals surface area contributed by atoms with Crippen LogP contribution >= 0.6 is 11.8 Å². The van der Waals surface area contributed by atoms with Crippen molar-refractivity contribution in [2.24, 2.45) is 0 Å². The minimum absolute atomic E-state index is 0.0457. The first-order valence-electron chi connectivity index (χ1n) is 9.44. The standard InChI is InChI=1S/C24H23N3OS/c1-16-4-6-19(7-5-16)22-9-8-20(15-25)24(27-22)29-11-10-23(28)26-21-13-17(2)12-18(3)14-21/h4-9,12-14H,10-11H2,1-3H3,(H,26,28). The highest BCUT2D eigenvalue weighted by molar-refractivity contribution is 7.99. The van der Waals surface area contributed by atoms with Crippen molar-refractivity contribution < 1.29 is 4.79 Å². The third-order valence-electron chi connectivity index (χ3n) is 4.40. The van der Waals surface area contributed by atoms with Crippen molar-refractivity contribution in [2.75, 3.05) is 11.1 Å². The van der Waals surface area contributed by atoms with E-state index in [1.165, 1.54) is 17.3 Å². The molecule has 0 saturated heterocycles. The molecule has 0 fully saturated rings. The molecule has 1 N–H and O–H groups in total. The molecule has 1 aromatic heterocycles. The van der Waals surface area contributed by atoms with E-state index >= 15 is 0 Å². The molecular weight excluding hydrogens is 378 g/mol. The summed E-state index contributed by atoms with van der Waals surface area (Å²) in [7, 11) is 0. The van der Waals surface area contributed by atoms with Gasteiger partial charge < -0.3 is 5.32 Å². The van der Waals surface area contributed by atoms with Crippen molar-refractivity contribution in [1.29, 1.82) is 5.26 Å². The van der Waals surface area contributed by atoms with Crippen LogP contribution in [0.1, 0.15) is 28.7 Å². The summed E-state index contributed by atoms with van der Waals surface area (Å²) in [5.41, 5.74) is 6.60. The fourth-order valence-electron chi connectivity index (χ4n) is 3.03. The van der Waals surface area contributed by atoms with Crippen LogP contribution in [0.2, 0.25) is 0 Å². The van der Waals surface area contributed by atoms with Crippen LogP contribution in [0.25, 0.3) is 11.3 Å². The van der Waals surface area contributed by atoms with E-state index in [0.29, 0.717) is 22.8 Å². The number of carbonyl (C=O) groups is 1. The van der Waals surface area contributed by atoms with Crippen LogP contribution in [0.4, 0.5) is 5.69 Å². The van der Waals surface area contributed by atoms with E-state index in [1.807, 2.05) is 63.2 Å². The Morgan fingerprint density at radius 2 is 1.69 bits per heavy atom. The Balaban J connectivity index is 1.65. The fourth-order valence-corrected chi connectivity index (χ4v) is 3.94. The number of aryl methyl sites for hydroxylation is 3. The summed E-state index contributed by atoms with van der Waals surface area (Å²) in [5, 5.41) is 13.0. The van der Waals surface area contributed by atoms with Crippen molar-refractivity contribution >= 4 is 23.4 Å². The van der Waals surface area contributed by atoms with Crippen LogP contribution in [0.15, 0.2) is 59.6 Å². The van der Waals surface area contributed by atoms with Crippen LogP contribution in [-0.2, 0) is 4.79 Å². The molecule has 146 valence electrons. The number of carbonyl (C=O) groups excluding carboxylic acids is 1. The Bertz CT molecular complexity index is 1050. The Morgan fingerprint density at radius 1 is 1.00 bits per heavy atom. The molecule has 0 atom stereocenters. The van der Waals surface area contributed by atoms with E-state index in [1.54, 1.807) is 6.07 Å². The summed E-state index contributed by atoms with van der Waals surface area (Å²) >= 11 is 1.43. The summed E-state index contributed by atoms with van der Waals surface area (Å²) < 4.78 is 0. The molecule has 0 saturated carbocycles. The number of hydrogen-bond acceptors (Lipinski definition) is 4. The van der Waals surface area contributed by atoms with E-state index in [9.17, 15) is 10.1 Å². The van der Waals surface area contributed by atoms with E-state index in [2.05, 4.69) is 22.4 Å². The molecule has 3 aromatic rings. The van der Waals surface area contributed by atoms with Gasteiger partial charge in [0.05, 0.1) is 11.3 Å². The number of nitriles is 1. The van der Waals surface area contributed by atoms with Gasteiger partial charge in [-0.3, -0.25) is 4.79 Å². The number of rotatable bonds is 6. The number of nitrogens with one attached hydrogen (secondary N) is 1. The highest BCUT2D eigenvalue weighted by Crippen LogP contribution is 2.26. The molecule has 2 aromatic carbocycles. The second-order valence-electron chi connectivity index (χ2n) is 7.05. The number of pyridine rings is 1. The zero-order chi connectivity index (χ0) is 20.8. The predicted molar refractivity (Wildman–Crippen MR) is 119 cm³/mol. The van der Waals surface area contributed by atoms with E-state index in [-0.39, 0.29) is 5.91 Å². The van der Waals surface area contributed by atoms with Crippen molar-refractivity contribution in [3.8, 4) is 17.3 Å². The molecule has 1 heterocycles. The molecule has 0 radical (unpaired) electrons. The second kappa shape index (κ2) is 9.40. The normalized spacial score (nSPS) is 10.4. The lowest BCUT2D eigenvalue weighted by Gasteiger charge is -2.09. The lowest BCUT2D eigenvalue weighted by Crippen LogP contribution is -2.12. The summed E-state index contributed by atoms with van der Waals surface area (Å²) in [5.74, 6) is 0.506. The van der Waals surface area contributed by atoms with Crippen LogP contribution in [0, 0.1) is 32.1 Å². The van der Waals surface area contributed by atoms with Gasteiger partial charge in [-0.1, -0.05) is 35.9 Å². The van der Waals surface area contributed by atoms with Gasteiger partial charge in [0.25, 0.3) is 0 Å². The number of thioether (sulfide) groups is 1. The molecule has 0 unspecified atom stereocenters. The Labute approximate surface area is 176 Å². The lowest BCUT2D eigenvalue weighted by atomic mass is 10.1. The fraction of sp³-hybridized carbons (Fsp3) is 0.208. The van der Waals surface area contributed by atoms with Crippen LogP contribution in [0.5, 0.6) is 0 Å². The quantitative estimate of drug-likeness (QED) is 0.541. The first kappa shape index (κ1) is 20.6. The highest BCUT2D eigenvalue weighted by Gasteiger charge is 2.10. The van der Waals surface area contributed by atoms with E-state index < -0.39 is 0 Å². The van der Waals surface area contributed by atoms with Gasteiger partial charge in [0.1, 0.15) is 11.1 Å². The van der Waals surface area contributed by atoms with Gasteiger partial charge in [-0.2, -0.15) is 5.26 Å². The van der Waals surface area contributed by atoms with E-state index in [0.717, 1.165) is 28.1 Å². The van der Waals surface area contributed by atoms with Gasteiger partial charge in [0.15, 0.2) is 0 Å². The third kappa shape index (κ3) is 5.69. The average molecular weight is 402 g/mol. The van der Waals surface area contributed by atoms with Crippen molar-refractivity contribution in [3.05, 3.63) is 76.9 Å². The lowest BCUT2D eigenvalue weighted by molar-refractivity contribution is -0.115. The van der Waals surface area contributed by atoms with Gasteiger partial charge in [0, 0.05) is 23.4 Å². The molecule has 3 rings (SSSR count). The first-order valence-corrected chi connectivity index (χ1v) is 10.4. The smallest absolute Gasteiger partial charge is 0.225 e. The zero-order valence-electron chi connectivity index (χ0n) is 16.8. The first-order chi connectivity index (χ1) is 13.9. The van der Waals surface area contributed by atoms with Gasteiger partial charge in [-0.15, -0.1) is 11.8 Å². The minimum atomic E-state index is -0.0457. The number of nitrogens with zero attached hydrogens (tertiary/aromatic N) is 2. The van der Waals surface area contributed by atoms with Gasteiger partial charge >= 0.3 is 0 Å². The number of amides is 1. The molecule has 5 heteroatoms. The molecular formula is C24H23N3OS. The molecule has 29 heavy (non-hydrogen) atoms. The van der Waals surface area contributed by atoms with Crippen LogP contribution in [-0.4, -0.2) is 16.6 Å². The Hall–Kier alpha value is -3.10. The summed E-state index contributed by atoms with van der Waals surface area (Å²) in [6, 6.07) is 20.0. The third-order valence-corrected chi connectivity index (χ3v) is 5.39. The molecule has 0 aliphatic carbocycles. The maximum absolute atomic E-state index is 12.3. The average Bonchev–Trinajstić information content (AvgIpc) is 2.67. The summed E-state index contributed by atoms with van der Waals surface area (Å²) in [6.07, 6.45) is 0.346. The van der Waals surface area contributed by atoms with Crippen LogP contribution < -0.4 is 5.32 Å². The zero-order valence-corrected chi connectivity index (χ0v) is 17.6. The van der Waals surface area contributed by atoms with Gasteiger partial charge in [0.2, 0.25) is 5.91 Å². The Kier molecular flexibility index (Phi) is 6.69. The molecule has 0 aliphatic heterocycles. The number of anilines is 1. The second-order valence-corrected chi connectivity index (χ2v) is 8.13. The maximum atomic E-state index is 12.3. The number of hydrogen-bond donors (Lipinski definition) is 1. The SMILES string of the molecule is Cc1ccc(-c2ccc(C#N)c(SCCC(=O)Nc3cc(C)cc(C)c3)n2)cc1. The monoisotopic (exact) mass is 401 g/mol. The van der Waals surface area contributed by atoms with Crippen molar-refractivity contribution in [1.82, 2.24) is 4.98 Å². The van der Waals surface area contributed by atoms with Crippen molar-refractivity contribution in [2.45, 2.75) is 32.2 Å². The summed E-state index contributed by atoms with van der Waals surface area (Å²) in [6.45, 7) is 6.06. The molecule has 4 nitrogen and oxygen atoms in total. The van der Waals surface area contributed by atoms with Crippen molar-refractivity contribution in [3.63, 3.8) is 0 Å². The topological polar surface area (TPSA) is 65.8 Å². The molecule has 0 aliphatic rings. The Morgan fingerprint density at radius 3 is 2.34 bits per heavy atom. The van der Waals surface area contributed by atoms with E-state index in [4.69, 9.17) is 0 Å². The number of benzene rings is 2.